The van der Waals surface area contributed by atoms with Gasteiger partial charge in [0.05, 0.1) is 4.90 Å². The summed E-state index contributed by atoms with van der Waals surface area (Å²) in [6.07, 6.45) is 0.916. The minimum Gasteiger partial charge on any atom is -0.326 e. The normalized spacial score (nSPS) is 18.2. The van der Waals surface area contributed by atoms with E-state index in [-0.39, 0.29) is 0 Å². The Kier molecular flexibility index (Phi) is 4.89. The average molecular weight is 300 g/mol. The van der Waals surface area contributed by atoms with Crippen molar-refractivity contribution >= 4 is 21.8 Å². The number of rotatable bonds is 3. The second-order valence-corrected chi connectivity index (χ2v) is 7.75. The van der Waals surface area contributed by atoms with E-state index in [0.717, 1.165) is 29.1 Å². The van der Waals surface area contributed by atoms with E-state index in [2.05, 4.69) is 0 Å². The van der Waals surface area contributed by atoms with Gasteiger partial charge in [-0.2, -0.15) is 16.1 Å². The van der Waals surface area contributed by atoms with Gasteiger partial charge in [-0.05, 0) is 36.3 Å². The molecular weight excluding hydrogens is 280 g/mol. The molecule has 0 bridgehead atoms. The minimum absolute atomic E-state index is 0.366. The summed E-state index contributed by atoms with van der Waals surface area (Å²) < 4.78 is 27.0. The highest BCUT2D eigenvalue weighted by molar-refractivity contribution is 7.99. The maximum absolute atomic E-state index is 12.7. The van der Waals surface area contributed by atoms with Gasteiger partial charge >= 0.3 is 0 Å². The first kappa shape index (κ1) is 14.8. The van der Waals surface area contributed by atoms with Crippen LogP contribution in [-0.2, 0) is 16.6 Å². The van der Waals surface area contributed by atoms with E-state index in [1.165, 1.54) is 0 Å². The molecule has 0 aliphatic carbocycles. The van der Waals surface area contributed by atoms with Crippen molar-refractivity contribution in [1.82, 2.24) is 4.31 Å². The van der Waals surface area contributed by atoms with Crippen molar-refractivity contribution in [2.75, 3.05) is 24.6 Å². The Labute approximate surface area is 119 Å². The number of sulfonamides is 1. The molecule has 1 aromatic rings. The fraction of sp³-hybridized carbons (Fsp3) is 0.538. The van der Waals surface area contributed by atoms with E-state index in [0.29, 0.717) is 24.5 Å². The first-order chi connectivity index (χ1) is 9.07. The summed E-state index contributed by atoms with van der Waals surface area (Å²) in [6, 6.07) is 5.34. The molecule has 0 atom stereocenters. The van der Waals surface area contributed by atoms with Crippen LogP contribution >= 0.6 is 11.8 Å². The van der Waals surface area contributed by atoms with Gasteiger partial charge in [0, 0.05) is 25.4 Å². The van der Waals surface area contributed by atoms with E-state index in [1.807, 2.05) is 24.8 Å². The Morgan fingerprint density at radius 2 is 2.11 bits per heavy atom. The fourth-order valence-electron chi connectivity index (χ4n) is 2.26. The maximum Gasteiger partial charge on any atom is 0.243 e. The molecule has 106 valence electrons. The van der Waals surface area contributed by atoms with Gasteiger partial charge in [-0.15, -0.1) is 0 Å². The predicted octanol–water partition coefficient (Wildman–Crippen LogP) is 1.58. The number of hydrogen-bond acceptors (Lipinski definition) is 4. The molecule has 0 radical (unpaired) electrons. The van der Waals surface area contributed by atoms with Crippen LogP contribution in [0.15, 0.2) is 23.1 Å². The highest BCUT2D eigenvalue weighted by Crippen LogP contribution is 2.24. The van der Waals surface area contributed by atoms with Gasteiger partial charge in [-0.25, -0.2) is 8.42 Å². The zero-order valence-corrected chi connectivity index (χ0v) is 12.8. The Hall–Kier alpha value is -0.560. The van der Waals surface area contributed by atoms with Gasteiger partial charge in [0.1, 0.15) is 0 Å². The van der Waals surface area contributed by atoms with Crippen molar-refractivity contribution in [3.8, 4) is 0 Å². The molecule has 2 rings (SSSR count). The van der Waals surface area contributed by atoms with Gasteiger partial charge < -0.3 is 5.73 Å². The molecule has 2 N–H and O–H groups in total. The summed E-state index contributed by atoms with van der Waals surface area (Å²) in [5.41, 5.74) is 7.33. The van der Waals surface area contributed by atoms with E-state index < -0.39 is 10.0 Å². The first-order valence-corrected chi connectivity index (χ1v) is 9.03. The summed E-state index contributed by atoms with van der Waals surface area (Å²) in [5.74, 6) is 1.91. The molecule has 1 saturated heterocycles. The summed E-state index contributed by atoms with van der Waals surface area (Å²) in [6.45, 7) is 3.41. The standard InChI is InChI=1S/C13H20N2O2S2/c1-11-12(10-14)4-2-5-13(11)19(16,17)15-6-3-8-18-9-7-15/h2,4-5H,3,6-10,14H2,1H3. The summed E-state index contributed by atoms with van der Waals surface area (Å²) in [7, 11) is -3.38. The molecule has 1 aliphatic rings. The van der Waals surface area contributed by atoms with Crippen molar-refractivity contribution in [2.24, 2.45) is 5.73 Å². The molecule has 4 nitrogen and oxygen atoms in total. The molecule has 0 aromatic heterocycles. The predicted molar refractivity (Wildman–Crippen MR) is 79.8 cm³/mol. The largest absolute Gasteiger partial charge is 0.326 e. The molecule has 19 heavy (non-hydrogen) atoms. The minimum atomic E-state index is -3.38. The number of benzene rings is 1. The quantitative estimate of drug-likeness (QED) is 0.920. The molecule has 1 aromatic carbocycles. The third-order valence-corrected chi connectivity index (χ3v) is 6.51. The summed E-state index contributed by atoms with van der Waals surface area (Å²) >= 11 is 1.82. The van der Waals surface area contributed by atoms with Crippen molar-refractivity contribution < 1.29 is 8.42 Å². The van der Waals surface area contributed by atoms with Gasteiger partial charge in [-0.1, -0.05) is 12.1 Å². The van der Waals surface area contributed by atoms with Crippen molar-refractivity contribution in [3.63, 3.8) is 0 Å². The second-order valence-electron chi connectivity index (χ2n) is 4.61. The maximum atomic E-state index is 12.7. The third-order valence-electron chi connectivity index (χ3n) is 3.42. The fourth-order valence-corrected chi connectivity index (χ4v) is 5.01. The lowest BCUT2D eigenvalue weighted by atomic mass is 10.1. The molecule has 0 amide bonds. The number of hydrogen-bond donors (Lipinski definition) is 1. The number of nitrogens with zero attached hydrogens (tertiary/aromatic N) is 1. The van der Waals surface area contributed by atoms with E-state index in [4.69, 9.17) is 5.73 Å². The van der Waals surface area contributed by atoms with Gasteiger partial charge in [0.2, 0.25) is 10.0 Å². The van der Waals surface area contributed by atoms with E-state index >= 15 is 0 Å². The lowest BCUT2D eigenvalue weighted by molar-refractivity contribution is 0.434. The molecule has 0 saturated carbocycles. The molecule has 1 heterocycles. The first-order valence-electron chi connectivity index (χ1n) is 6.44. The Morgan fingerprint density at radius 3 is 2.84 bits per heavy atom. The van der Waals surface area contributed by atoms with Crippen molar-refractivity contribution in [3.05, 3.63) is 29.3 Å². The van der Waals surface area contributed by atoms with Crippen LogP contribution < -0.4 is 5.73 Å². The van der Waals surface area contributed by atoms with Gasteiger partial charge in [0.25, 0.3) is 0 Å². The molecule has 1 aliphatic heterocycles. The van der Waals surface area contributed by atoms with Crippen LogP contribution in [0.4, 0.5) is 0 Å². The molecule has 1 fully saturated rings. The average Bonchev–Trinajstić information content (AvgIpc) is 2.68. The summed E-state index contributed by atoms with van der Waals surface area (Å²) in [4.78, 5) is 0.405. The van der Waals surface area contributed by atoms with Crippen LogP contribution in [-0.4, -0.2) is 37.3 Å². The second kappa shape index (κ2) is 6.26. The number of nitrogens with two attached hydrogens (primary N) is 1. The summed E-state index contributed by atoms with van der Waals surface area (Å²) in [5, 5.41) is 0. The molecule has 0 unspecified atom stereocenters. The van der Waals surface area contributed by atoms with Crippen molar-refractivity contribution in [1.29, 1.82) is 0 Å². The van der Waals surface area contributed by atoms with Crippen LogP contribution in [0, 0.1) is 6.92 Å². The highest BCUT2D eigenvalue weighted by Gasteiger charge is 2.27. The monoisotopic (exact) mass is 300 g/mol. The van der Waals surface area contributed by atoms with Crippen LogP contribution in [0.2, 0.25) is 0 Å². The van der Waals surface area contributed by atoms with E-state index in [1.54, 1.807) is 16.4 Å². The van der Waals surface area contributed by atoms with E-state index in [9.17, 15) is 8.42 Å². The van der Waals surface area contributed by atoms with Gasteiger partial charge in [-0.3, -0.25) is 0 Å². The topological polar surface area (TPSA) is 63.4 Å². The van der Waals surface area contributed by atoms with Crippen LogP contribution in [0.25, 0.3) is 0 Å². The lowest BCUT2D eigenvalue weighted by Gasteiger charge is -2.21. The Morgan fingerprint density at radius 1 is 1.32 bits per heavy atom. The molecular formula is C13H20N2O2S2. The molecule has 6 heteroatoms. The Bertz CT molecular complexity index is 536. The Balaban J connectivity index is 2.38. The third kappa shape index (κ3) is 3.13. The van der Waals surface area contributed by atoms with Crippen molar-refractivity contribution in [2.45, 2.75) is 24.8 Å². The zero-order valence-electron chi connectivity index (χ0n) is 11.1. The van der Waals surface area contributed by atoms with Gasteiger partial charge in [0.15, 0.2) is 0 Å². The molecule has 0 spiro atoms. The zero-order chi connectivity index (χ0) is 13.9. The lowest BCUT2D eigenvalue weighted by Crippen LogP contribution is -2.33. The van der Waals surface area contributed by atoms with Crippen LogP contribution in [0.5, 0.6) is 0 Å². The van der Waals surface area contributed by atoms with Crippen LogP contribution in [0.1, 0.15) is 17.5 Å². The SMILES string of the molecule is Cc1c(CN)cccc1S(=O)(=O)N1CCCSCC1. The highest BCUT2D eigenvalue weighted by atomic mass is 32.2. The smallest absolute Gasteiger partial charge is 0.243 e. The number of thioether (sulfide) groups is 1. The van der Waals surface area contributed by atoms with Crippen LogP contribution in [0.3, 0.4) is 0 Å².